The molecule has 1 aromatic carbocycles. The molecule has 1 heterocycles. The van der Waals surface area contributed by atoms with E-state index in [0.717, 1.165) is 30.0 Å². The first-order valence-electron chi connectivity index (χ1n) is 5.63. The van der Waals surface area contributed by atoms with Crippen LogP contribution in [0.5, 0.6) is 5.75 Å². The molecular formula is C14H14N2OS. The van der Waals surface area contributed by atoms with E-state index in [2.05, 4.69) is 11.4 Å². The molecule has 0 aliphatic rings. The summed E-state index contributed by atoms with van der Waals surface area (Å²) in [5, 5.41) is 14.0. The van der Waals surface area contributed by atoms with E-state index >= 15 is 0 Å². The van der Waals surface area contributed by atoms with Crippen LogP contribution in [0.25, 0.3) is 0 Å². The molecule has 0 spiro atoms. The molecule has 0 saturated heterocycles. The first-order valence-corrected chi connectivity index (χ1v) is 6.51. The highest BCUT2D eigenvalue weighted by molar-refractivity contribution is 7.10. The maximum atomic E-state index is 8.74. The monoisotopic (exact) mass is 258 g/mol. The third kappa shape index (κ3) is 3.10. The van der Waals surface area contributed by atoms with Gasteiger partial charge in [-0.3, -0.25) is 0 Å². The van der Waals surface area contributed by atoms with Crippen LogP contribution in [0.1, 0.15) is 16.0 Å². The van der Waals surface area contributed by atoms with Crippen LogP contribution >= 0.6 is 11.3 Å². The third-order valence-corrected chi connectivity index (χ3v) is 3.53. The Morgan fingerprint density at radius 2 is 2.17 bits per heavy atom. The molecule has 92 valence electrons. The number of para-hydroxylation sites is 1. The van der Waals surface area contributed by atoms with Crippen molar-refractivity contribution in [1.29, 1.82) is 5.26 Å². The van der Waals surface area contributed by atoms with E-state index in [9.17, 15) is 0 Å². The van der Waals surface area contributed by atoms with Crippen LogP contribution in [-0.2, 0) is 13.1 Å². The van der Waals surface area contributed by atoms with Gasteiger partial charge in [0, 0.05) is 28.9 Å². The van der Waals surface area contributed by atoms with Crippen molar-refractivity contribution in [2.45, 2.75) is 13.1 Å². The minimum absolute atomic E-state index is 0.731. The minimum Gasteiger partial charge on any atom is -0.496 e. The lowest BCUT2D eigenvalue weighted by Crippen LogP contribution is -2.12. The van der Waals surface area contributed by atoms with Crippen molar-refractivity contribution in [3.8, 4) is 11.8 Å². The molecule has 0 amide bonds. The predicted molar refractivity (Wildman–Crippen MR) is 72.6 cm³/mol. The highest BCUT2D eigenvalue weighted by Gasteiger charge is 2.02. The molecule has 4 heteroatoms. The van der Waals surface area contributed by atoms with Gasteiger partial charge in [0.2, 0.25) is 0 Å². The van der Waals surface area contributed by atoms with E-state index in [1.165, 1.54) is 4.88 Å². The van der Waals surface area contributed by atoms with Crippen LogP contribution in [0.3, 0.4) is 0 Å². The van der Waals surface area contributed by atoms with Gasteiger partial charge in [0.1, 0.15) is 11.8 Å². The Labute approximate surface area is 111 Å². The summed E-state index contributed by atoms with van der Waals surface area (Å²) in [5.74, 6) is 0.897. The molecule has 1 aromatic heterocycles. The van der Waals surface area contributed by atoms with Gasteiger partial charge in [-0.25, -0.2) is 0 Å². The molecule has 0 fully saturated rings. The van der Waals surface area contributed by atoms with Gasteiger partial charge in [0.25, 0.3) is 0 Å². The lowest BCUT2D eigenvalue weighted by atomic mass is 10.2. The van der Waals surface area contributed by atoms with E-state index in [1.807, 2.05) is 35.7 Å². The van der Waals surface area contributed by atoms with Gasteiger partial charge in [0.15, 0.2) is 0 Å². The standard InChI is InChI=1S/C14H14N2OS/c1-17-14-5-3-2-4-12(14)8-16-9-13-6-11(7-15)10-18-13/h2-6,10,16H,8-9H2,1H3. The molecule has 0 unspecified atom stereocenters. The number of nitriles is 1. The Hall–Kier alpha value is -1.83. The maximum absolute atomic E-state index is 8.74. The first-order chi connectivity index (χ1) is 8.83. The Bertz CT molecular complexity index is 557. The van der Waals surface area contributed by atoms with Gasteiger partial charge in [-0.1, -0.05) is 18.2 Å². The zero-order valence-corrected chi connectivity index (χ0v) is 11.0. The molecule has 2 rings (SSSR count). The second kappa shape index (κ2) is 6.20. The fraction of sp³-hybridized carbons (Fsp3) is 0.214. The van der Waals surface area contributed by atoms with Crippen LogP contribution in [0.4, 0.5) is 0 Å². The number of nitrogens with zero attached hydrogens (tertiary/aromatic N) is 1. The summed E-state index contributed by atoms with van der Waals surface area (Å²) in [6, 6.07) is 12.0. The van der Waals surface area contributed by atoms with Crippen LogP contribution < -0.4 is 10.1 Å². The van der Waals surface area contributed by atoms with E-state index < -0.39 is 0 Å². The maximum Gasteiger partial charge on any atom is 0.123 e. The Kier molecular flexibility index (Phi) is 4.35. The number of rotatable bonds is 5. The average molecular weight is 258 g/mol. The number of ether oxygens (including phenoxy) is 1. The summed E-state index contributed by atoms with van der Waals surface area (Å²) in [7, 11) is 1.68. The molecule has 1 N–H and O–H groups in total. The van der Waals surface area contributed by atoms with E-state index in [4.69, 9.17) is 10.00 Å². The average Bonchev–Trinajstić information content (AvgIpc) is 2.87. The number of hydrogen-bond donors (Lipinski definition) is 1. The van der Waals surface area contributed by atoms with Crippen molar-refractivity contribution in [3.05, 3.63) is 51.7 Å². The highest BCUT2D eigenvalue weighted by atomic mass is 32.1. The van der Waals surface area contributed by atoms with Crippen LogP contribution in [-0.4, -0.2) is 7.11 Å². The lowest BCUT2D eigenvalue weighted by Gasteiger charge is -2.08. The molecule has 0 radical (unpaired) electrons. The van der Waals surface area contributed by atoms with Crippen LogP contribution in [0.15, 0.2) is 35.7 Å². The van der Waals surface area contributed by atoms with Crippen molar-refractivity contribution in [3.63, 3.8) is 0 Å². The molecule has 0 aliphatic heterocycles. The summed E-state index contributed by atoms with van der Waals surface area (Å²) in [5.41, 5.74) is 1.87. The van der Waals surface area contributed by atoms with Gasteiger partial charge in [0.05, 0.1) is 12.7 Å². The molecular weight excluding hydrogens is 244 g/mol. The summed E-state index contributed by atoms with van der Waals surface area (Å²) in [4.78, 5) is 1.17. The molecule has 0 saturated carbocycles. The Balaban J connectivity index is 1.90. The first kappa shape index (κ1) is 12.6. The molecule has 0 aliphatic carbocycles. The van der Waals surface area contributed by atoms with Crippen molar-refractivity contribution < 1.29 is 4.74 Å². The normalized spacial score (nSPS) is 10.0. The predicted octanol–water partition coefficient (Wildman–Crippen LogP) is 2.92. The summed E-state index contributed by atoms with van der Waals surface area (Å²) < 4.78 is 5.29. The smallest absolute Gasteiger partial charge is 0.123 e. The molecule has 18 heavy (non-hydrogen) atoms. The zero-order chi connectivity index (χ0) is 12.8. The van der Waals surface area contributed by atoms with Crippen LogP contribution in [0.2, 0.25) is 0 Å². The van der Waals surface area contributed by atoms with Gasteiger partial charge < -0.3 is 10.1 Å². The number of benzene rings is 1. The third-order valence-electron chi connectivity index (χ3n) is 2.59. The number of hydrogen-bond acceptors (Lipinski definition) is 4. The SMILES string of the molecule is COc1ccccc1CNCc1cc(C#N)cs1. The molecule has 3 nitrogen and oxygen atoms in total. The summed E-state index contributed by atoms with van der Waals surface area (Å²) in [6.45, 7) is 1.52. The Morgan fingerprint density at radius 3 is 2.89 bits per heavy atom. The van der Waals surface area contributed by atoms with Crippen molar-refractivity contribution in [2.75, 3.05) is 7.11 Å². The summed E-state index contributed by atoms with van der Waals surface area (Å²) >= 11 is 1.60. The topological polar surface area (TPSA) is 45.0 Å². The van der Waals surface area contributed by atoms with Crippen LogP contribution in [0, 0.1) is 11.3 Å². The molecule has 0 bridgehead atoms. The number of thiophene rings is 1. The molecule has 0 atom stereocenters. The van der Waals surface area contributed by atoms with Crippen molar-refractivity contribution in [2.24, 2.45) is 0 Å². The molecule has 2 aromatic rings. The quantitative estimate of drug-likeness (QED) is 0.897. The van der Waals surface area contributed by atoms with Gasteiger partial charge in [-0.15, -0.1) is 11.3 Å². The fourth-order valence-electron chi connectivity index (χ4n) is 1.70. The van der Waals surface area contributed by atoms with E-state index in [1.54, 1.807) is 18.4 Å². The largest absolute Gasteiger partial charge is 0.496 e. The van der Waals surface area contributed by atoms with Gasteiger partial charge >= 0.3 is 0 Å². The van der Waals surface area contributed by atoms with E-state index in [-0.39, 0.29) is 0 Å². The Morgan fingerprint density at radius 1 is 1.33 bits per heavy atom. The number of methoxy groups -OCH3 is 1. The van der Waals surface area contributed by atoms with Crippen molar-refractivity contribution >= 4 is 11.3 Å². The summed E-state index contributed by atoms with van der Waals surface area (Å²) in [6.07, 6.45) is 0. The highest BCUT2D eigenvalue weighted by Crippen LogP contribution is 2.18. The van der Waals surface area contributed by atoms with Gasteiger partial charge in [-0.2, -0.15) is 5.26 Å². The second-order valence-electron chi connectivity index (χ2n) is 3.83. The number of nitrogens with one attached hydrogen (secondary N) is 1. The van der Waals surface area contributed by atoms with Crippen molar-refractivity contribution in [1.82, 2.24) is 5.32 Å². The van der Waals surface area contributed by atoms with Gasteiger partial charge in [-0.05, 0) is 12.1 Å². The second-order valence-corrected chi connectivity index (χ2v) is 4.82. The van der Waals surface area contributed by atoms with E-state index in [0.29, 0.717) is 0 Å². The fourth-order valence-corrected chi connectivity index (χ4v) is 2.48. The zero-order valence-electron chi connectivity index (χ0n) is 10.1. The minimum atomic E-state index is 0.731. The lowest BCUT2D eigenvalue weighted by molar-refractivity contribution is 0.407.